The van der Waals surface area contributed by atoms with Crippen molar-refractivity contribution in [3.63, 3.8) is 0 Å². The number of nitrogens with two attached hydrogens (primary N) is 1. The highest BCUT2D eigenvalue weighted by Crippen LogP contribution is 2.33. The first-order valence-corrected chi connectivity index (χ1v) is 14.4. The molecule has 1 atom stereocenters. The lowest BCUT2D eigenvalue weighted by atomic mass is 9.98. The van der Waals surface area contributed by atoms with Crippen molar-refractivity contribution in [1.29, 1.82) is 0 Å². The van der Waals surface area contributed by atoms with Gasteiger partial charge in [-0.1, -0.05) is 78.5 Å². The van der Waals surface area contributed by atoms with E-state index in [2.05, 4.69) is 16.0 Å². The Kier molecular flexibility index (Phi) is 10.0. The highest BCUT2D eigenvalue weighted by Gasteiger charge is 2.32. The van der Waals surface area contributed by atoms with E-state index < -0.39 is 10.9 Å². The lowest BCUT2D eigenvalue weighted by Gasteiger charge is -2.26. The van der Waals surface area contributed by atoms with Gasteiger partial charge in [-0.25, -0.2) is 4.79 Å². The molecular weight excluding hydrogens is 538 g/mol. The second-order valence-corrected chi connectivity index (χ2v) is 11.9. The zero-order valence-corrected chi connectivity index (χ0v) is 24.2. The van der Waals surface area contributed by atoms with Crippen molar-refractivity contribution in [2.45, 2.75) is 55.7 Å². The number of carbonyl (C=O) groups is 3. The van der Waals surface area contributed by atoms with E-state index in [9.17, 15) is 14.4 Å². The lowest BCUT2D eigenvalue weighted by Crippen LogP contribution is -2.47. The third-order valence-electron chi connectivity index (χ3n) is 6.52. The Morgan fingerprint density at radius 1 is 1.02 bits per heavy atom. The first-order chi connectivity index (χ1) is 19.6. The molecule has 1 aliphatic heterocycles. The van der Waals surface area contributed by atoms with Gasteiger partial charge in [-0.3, -0.25) is 9.59 Å². The SMILES string of the molecule is CC(C)(N)CC(=O)N[C@@H]1Sc2ccccc2CN(Cc2ccc(-c3ccccc3CNC(=O)NCCO)cc2)C1=O. The number of hydrogen-bond acceptors (Lipinski definition) is 6. The van der Waals surface area contributed by atoms with Gasteiger partial charge in [0.2, 0.25) is 5.91 Å². The van der Waals surface area contributed by atoms with Crippen LogP contribution in [0.15, 0.2) is 77.7 Å². The van der Waals surface area contributed by atoms with E-state index in [0.717, 1.165) is 32.7 Å². The second kappa shape index (κ2) is 13.7. The van der Waals surface area contributed by atoms with Crippen molar-refractivity contribution in [3.05, 3.63) is 89.5 Å². The summed E-state index contributed by atoms with van der Waals surface area (Å²) >= 11 is 1.36. The van der Waals surface area contributed by atoms with Crippen LogP contribution in [0.4, 0.5) is 4.79 Å². The molecule has 4 rings (SSSR count). The number of urea groups is 1. The third kappa shape index (κ3) is 8.56. The molecule has 3 aromatic carbocycles. The van der Waals surface area contributed by atoms with E-state index in [1.54, 1.807) is 18.7 Å². The monoisotopic (exact) mass is 575 g/mol. The number of thioether (sulfide) groups is 1. The van der Waals surface area contributed by atoms with Gasteiger partial charge < -0.3 is 31.7 Å². The molecule has 0 fully saturated rings. The van der Waals surface area contributed by atoms with Gasteiger partial charge in [0.1, 0.15) is 0 Å². The summed E-state index contributed by atoms with van der Waals surface area (Å²) in [4.78, 5) is 41.0. The predicted octanol–water partition coefficient (Wildman–Crippen LogP) is 3.35. The van der Waals surface area contributed by atoms with E-state index in [4.69, 9.17) is 10.8 Å². The molecule has 0 aromatic heterocycles. The molecule has 10 heteroatoms. The van der Waals surface area contributed by atoms with E-state index in [-0.39, 0.29) is 37.4 Å². The molecule has 0 aliphatic carbocycles. The van der Waals surface area contributed by atoms with Crippen molar-refractivity contribution in [1.82, 2.24) is 20.9 Å². The average molecular weight is 576 g/mol. The third-order valence-corrected chi connectivity index (χ3v) is 7.72. The molecule has 3 aromatic rings. The van der Waals surface area contributed by atoms with Crippen LogP contribution in [0, 0.1) is 0 Å². The summed E-state index contributed by atoms with van der Waals surface area (Å²) in [6.07, 6.45) is 0.116. The molecule has 4 amide bonds. The van der Waals surface area contributed by atoms with E-state index >= 15 is 0 Å². The molecule has 216 valence electrons. The minimum absolute atomic E-state index is 0.116. The molecule has 0 bridgehead atoms. The number of nitrogens with zero attached hydrogens (tertiary/aromatic N) is 1. The Morgan fingerprint density at radius 3 is 2.46 bits per heavy atom. The van der Waals surface area contributed by atoms with Crippen LogP contribution in [-0.4, -0.2) is 51.9 Å². The van der Waals surface area contributed by atoms with Crippen molar-refractivity contribution >= 4 is 29.6 Å². The van der Waals surface area contributed by atoms with Gasteiger partial charge >= 0.3 is 6.03 Å². The summed E-state index contributed by atoms with van der Waals surface area (Å²) in [6.45, 7) is 4.80. The summed E-state index contributed by atoms with van der Waals surface area (Å²) < 4.78 is 0. The number of hydrogen-bond donors (Lipinski definition) is 5. The van der Waals surface area contributed by atoms with E-state index in [1.807, 2.05) is 72.8 Å². The molecule has 9 nitrogen and oxygen atoms in total. The molecule has 1 aliphatic rings. The Bertz CT molecular complexity index is 1370. The van der Waals surface area contributed by atoms with E-state index in [1.165, 1.54) is 11.8 Å². The van der Waals surface area contributed by atoms with Gasteiger partial charge in [-0.05, 0) is 47.7 Å². The summed E-state index contributed by atoms with van der Waals surface area (Å²) in [7, 11) is 0. The highest BCUT2D eigenvalue weighted by atomic mass is 32.2. The fourth-order valence-corrected chi connectivity index (χ4v) is 5.72. The quantitative estimate of drug-likeness (QED) is 0.252. The predicted molar refractivity (Wildman–Crippen MR) is 161 cm³/mol. The second-order valence-electron chi connectivity index (χ2n) is 10.7. The van der Waals surface area contributed by atoms with E-state index in [0.29, 0.717) is 19.6 Å². The summed E-state index contributed by atoms with van der Waals surface area (Å²) in [5, 5.41) is 16.4. The topological polar surface area (TPSA) is 137 Å². The van der Waals surface area contributed by atoms with Crippen molar-refractivity contribution in [2.24, 2.45) is 5.73 Å². The van der Waals surface area contributed by atoms with Crippen LogP contribution in [0.5, 0.6) is 0 Å². The Hall–Kier alpha value is -3.86. The van der Waals surface area contributed by atoms with Crippen LogP contribution < -0.4 is 21.7 Å². The molecule has 6 N–H and O–H groups in total. The van der Waals surface area contributed by atoms with Crippen LogP contribution in [0.1, 0.15) is 37.0 Å². The lowest BCUT2D eigenvalue weighted by molar-refractivity contribution is -0.135. The fraction of sp³-hybridized carbons (Fsp3) is 0.323. The molecule has 0 radical (unpaired) electrons. The Labute approximate surface area is 244 Å². The highest BCUT2D eigenvalue weighted by molar-refractivity contribution is 8.00. The number of nitrogens with one attached hydrogen (secondary N) is 3. The minimum atomic E-state index is -0.748. The van der Waals surface area contributed by atoms with Gasteiger partial charge in [0, 0.05) is 43.0 Å². The zero-order chi connectivity index (χ0) is 29.4. The van der Waals surface area contributed by atoms with Crippen LogP contribution >= 0.6 is 11.8 Å². The summed E-state index contributed by atoms with van der Waals surface area (Å²) in [5.74, 6) is -0.416. The van der Waals surface area contributed by atoms with Crippen LogP contribution in [-0.2, 0) is 29.2 Å². The molecule has 0 spiro atoms. The fourth-order valence-electron chi connectivity index (χ4n) is 4.59. The average Bonchev–Trinajstić information content (AvgIpc) is 3.06. The Balaban J connectivity index is 1.49. The van der Waals surface area contributed by atoms with Gasteiger partial charge in [-0.15, -0.1) is 0 Å². The number of aliphatic hydroxyl groups excluding tert-OH is 1. The van der Waals surface area contributed by atoms with Crippen molar-refractivity contribution < 1.29 is 19.5 Å². The maximum Gasteiger partial charge on any atom is 0.315 e. The number of benzene rings is 3. The molecule has 0 saturated carbocycles. The summed E-state index contributed by atoms with van der Waals surface area (Å²) in [5.41, 5.74) is 10.3. The smallest absolute Gasteiger partial charge is 0.315 e. The first kappa shape index (κ1) is 30.1. The van der Waals surface area contributed by atoms with Crippen molar-refractivity contribution in [3.8, 4) is 11.1 Å². The number of aliphatic hydroxyl groups is 1. The van der Waals surface area contributed by atoms with Crippen LogP contribution in [0.25, 0.3) is 11.1 Å². The zero-order valence-electron chi connectivity index (χ0n) is 23.4. The number of amides is 4. The molecule has 0 unspecified atom stereocenters. The largest absolute Gasteiger partial charge is 0.395 e. The first-order valence-electron chi connectivity index (χ1n) is 13.5. The maximum absolute atomic E-state index is 13.7. The summed E-state index contributed by atoms with van der Waals surface area (Å²) in [6, 6.07) is 23.4. The standard InChI is InChI=1S/C31H37N5O4S/c1-31(2,32)17-27(38)35-28-29(39)36(20-24-8-4-6-10-26(24)41-28)19-21-11-13-22(14-12-21)25-9-5-3-7-23(25)18-34-30(40)33-15-16-37/h3-14,28,37H,15-20,32H2,1-2H3,(H,35,38)(H2,33,34,40)/t28-/m1/s1. The molecule has 0 saturated heterocycles. The minimum Gasteiger partial charge on any atom is -0.395 e. The van der Waals surface area contributed by atoms with Gasteiger partial charge in [-0.2, -0.15) is 0 Å². The van der Waals surface area contributed by atoms with Gasteiger partial charge in [0.25, 0.3) is 5.91 Å². The maximum atomic E-state index is 13.7. The van der Waals surface area contributed by atoms with Gasteiger partial charge in [0.05, 0.1) is 6.61 Å². The molecule has 41 heavy (non-hydrogen) atoms. The van der Waals surface area contributed by atoms with Crippen molar-refractivity contribution in [2.75, 3.05) is 13.2 Å². The number of fused-ring (bicyclic) bond motifs is 1. The number of rotatable bonds is 10. The molecular formula is C31H37N5O4S. The normalized spacial score (nSPS) is 15.1. The van der Waals surface area contributed by atoms with Gasteiger partial charge in [0.15, 0.2) is 5.37 Å². The van der Waals surface area contributed by atoms with Crippen LogP contribution in [0.3, 0.4) is 0 Å². The Morgan fingerprint density at radius 2 is 1.73 bits per heavy atom. The number of carbonyl (C=O) groups excluding carboxylic acids is 3. The van der Waals surface area contributed by atoms with Crippen LogP contribution in [0.2, 0.25) is 0 Å². The molecule has 1 heterocycles.